The average molecular weight is 294 g/mol. The molecular weight excluding hydrogens is 268 g/mol. The number of ether oxygens (including phenoxy) is 1. The van der Waals surface area contributed by atoms with Crippen LogP contribution in [0.25, 0.3) is 0 Å². The molecule has 0 spiro atoms. The zero-order valence-corrected chi connectivity index (χ0v) is 13.2. The number of benzene rings is 1. The second-order valence-corrected chi connectivity index (χ2v) is 4.73. The Kier molecular flexibility index (Phi) is 7.61. The van der Waals surface area contributed by atoms with Gasteiger partial charge in [-0.1, -0.05) is 6.07 Å². The van der Waals surface area contributed by atoms with Gasteiger partial charge in [0.05, 0.1) is 6.61 Å². The van der Waals surface area contributed by atoms with Gasteiger partial charge in [-0.25, -0.2) is 0 Å². The molecule has 2 N–H and O–H groups in total. The summed E-state index contributed by atoms with van der Waals surface area (Å²) in [5.74, 6) is 0.821. The first-order chi connectivity index (χ1) is 10.1. The molecule has 0 aliphatic rings. The van der Waals surface area contributed by atoms with Gasteiger partial charge in [0.15, 0.2) is 11.5 Å². The van der Waals surface area contributed by atoms with E-state index in [9.17, 15) is 9.90 Å². The Morgan fingerprint density at radius 3 is 2.62 bits per heavy atom. The summed E-state index contributed by atoms with van der Waals surface area (Å²) in [6.45, 7) is 9.16. The fraction of sp³-hybridized carbons (Fsp3) is 0.562. The molecule has 0 saturated heterocycles. The molecule has 0 heterocycles. The number of carbonyl (C=O) groups excluding carboxylic acids is 1. The third-order valence-electron chi connectivity index (χ3n) is 3.28. The number of hydrogen-bond acceptors (Lipinski definition) is 4. The lowest BCUT2D eigenvalue weighted by molar-refractivity contribution is -0.130. The van der Waals surface area contributed by atoms with Gasteiger partial charge >= 0.3 is 0 Å². The maximum atomic E-state index is 11.8. The summed E-state index contributed by atoms with van der Waals surface area (Å²) in [5.41, 5.74) is 1.02. The van der Waals surface area contributed by atoms with Gasteiger partial charge in [-0.2, -0.15) is 0 Å². The molecule has 118 valence electrons. The fourth-order valence-electron chi connectivity index (χ4n) is 2.10. The van der Waals surface area contributed by atoms with Crippen LogP contribution in [0.5, 0.6) is 11.5 Å². The van der Waals surface area contributed by atoms with E-state index in [0.717, 1.165) is 18.7 Å². The lowest BCUT2D eigenvalue weighted by Crippen LogP contribution is -2.32. The van der Waals surface area contributed by atoms with E-state index in [1.165, 1.54) is 0 Å². The van der Waals surface area contributed by atoms with Crippen molar-refractivity contribution in [2.75, 3.05) is 26.2 Å². The molecular formula is C16H26N2O3. The molecule has 5 nitrogen and oxygen atoms in total. The van der Waals surface area contributed by atoms with E-state index in [4.69, 9.17) is 4.74 Å². The number of hydrogen-bond donors (Lipinski definition) is 2. The van der Waals surface area contributed by atoms with Crippen LogP contribution >= 0.6 is 0 Å². The molecule has 1 aromatic rings. The molecule has 5 heteroatoms. The number of rotatable bonds is 9. The van der Waals surface area contributed by atoms with E-state index < -0.39 is 0 Å². The number of amides is 1. The van der Waals surface area contributed by atoms with Gasteiger partial charge in [0.2, 0.25) is 5.91 Å². The van der Waals surface area contributed by atoms with Crippen LogP contribution in [0.15, 0.2) is 18.2 Å². The largest absolute Gasteiger partial charge is 0.504 e. The molecule has 0 aliphatic carbocycles. The van der Waals surface area contributed by atoms with Crippen LogP contribution in [0.3, 0.4) is 0 Å². The Hall–Kier alpha value is -1.75. The van der Waals surface area contributed by atoms with Crippen molar-refractivity contribution in [3.8, 4) is 11.5 Å². The highest BCUT2D eigenvalue weighted by molar-refractivity contribution is 5.76. The molecule has 0 radical (unpaired) electrons. The summed E-state index contributed by atoms with van der Waals surface area (Å²) >= 11 is 0. The summed E-state index contributed by atoms with van der Waals surface area (Å²) in [6, 6.07) is 5.29. The molecule has 0 saturated carbocycles. The average Bonchev–Trinajstić information content (AvgIpc) is 2.48. The van der Waals surface area contributed by atoms with Gasteiger partial charge in [0.1, 0.15) is 0 Å². The van der Waals surface area contributed by atoms with Gasteiger partial charge in [-0.05, 0) is 38.5 Å². The van der Waals surface area contributed by atoms with Crippen molar-refractivity contribution in [3.63, 3.8) is 0 Å². The molecule has 0 atom stereocenters. The Labute approximate surface area is 126 Å². The zero-order chi connectivity index (χ0) is 15.7. The highest BCUT2D eigenvalue weighted by atomic mass is 16.5. The second-order valence-electron chi connectivity index (χ2n) is 4.73. The third kappa shape index (κ3) is 5.63. The topological polar surface area (TPSA) is 61.8 Å². The van der Waals surface area contributed by atoms with Crippen molar-refractivity contribution in [1.29, 1.82) is 0 Å². The van der Waals surface area contributed by atoms with Crippen molar-refractivity contribution >= 4 is 5.91 Å². The minimum Gasteiger partial charge on any atom is -0.504 e. The van der Waals surface area contributed by atoms with Crippen LogP contribution in [-0.4, -0.2) is 42.2 Å². The molecule has 0 aliphatic heterocycles. The van der Waals surface area contributed by atoms with Gasteiger partial charge in [-0.15, -0.1) is 0 Å². The second kappa shape index (κ2) is 9.23. The van der Waals surface area contributed by atoms with Crippen molar-refractivity contribution in [1.82, 2.24) is 10.2 Å². The fourth-order valence-corrected chi connectivity index (χ4v) is 2.10. The van der Waals surface area contributed by atoms with Crippen molar-refractivity contribution in [2.24, 2.45) is 0 Å². The van der Waals surface area contributed by atoms with E-state index in [0.29, 0.717) is 31.9 Å². The summed E-state index contributed by atoms with van der Waals surface area (Å²) in [6.07, 6.45) is 0.498. The molecule has 0 unspecified atom stereocenters. The van der Waals surface area contributed by atoms with E-state index >= 15 is 0 Å². The first-order valence-corrected chi connectivity index (χ1v) is 7.55. The first-order valence-electron chi connectivity index (χ1n) is 7.55. The van der Waals surface area contributed by atoms with Gasteiger partial charge in [0, 0.05) is 32.6 Å². The smallest absolute Gasteiger partial charge is 0.223 e. The van der Waals surface area contributed by atoms with Crippen LogP contribution in [-0.2, 0) is 11.3 Å². The summed E-state index contributed by atoms with van der Waals surface area (Å²) in [5, 5.41) is 12.9. The van der Waals surface area contributed by atoms with Crippen molar-refractivity contribution in [3.05, 3.63) is 23.8 Å². The Morgan fingerprint density at radius 1 is 1.29 bits per heavy atom. The number of carbonyl (C=O) groups is 1. The first kappa shape index (κ1) is 17.3. The lowest BCUT2D eigenvalue weighted by Gasteiger charge is -2.18. The SMILES string of the molecule is CCOc1cc(CNCCC(=O)N(CC)CC)ccc1O. The zero-order valence-electron chi connectivity index (χ0n) is 13.2. The number of phenolic OH excluding ortho intramolecular Hbond substituents is 1. The Balaban J connectivity index is 2.39. The predicted molar refractivity (Wildman–Crippen MR) is 83.5 cm³/mol. The number of phenols is 1. The number of nitrogens with one attached hydrogen (secondary N) is 1. The Morgan fingerprint density at radius 2 is 2.00 bits per heavy atom. The molecule has 1 aromatic carbocycles. The summed E-state index contributed by atoms with van der Waals surface area (Å²) in [4.78, 5) is 13.7. The lowest BCUT2D eigenvalue weighted by atomic mass is 10.2. The van der Waals surface area contributed by atoms with E-state index in [-0.39, 0.29) is 11.7 Å². The molecule has 1 rings (SSSR count). The minimum absolute atomic E-state index is 0.150. The quantitative estimate of drug-likeness (QED) is 0.685. The predicted octanol–water partition coefficient (Wildman–Crippen LogP) is 2.14. The maximum Gasteiger partial charge on any atom is 0.223 e. The highest BCUT2D eigenvalue weighted by Gasteiger charge is 2.08. The van der Waals surface area contributed by atoms with E-state index in [1.54, 1.807) is 6.07 Å². The van der Waals surface area contributed by atoms with Gasteiger partial charge < -0.3 is 20.1 Å². The number of nitrogens with zero attached hydrogens (tertiary/aromatic N) is 1. The van der Waals surface area contributed by atoms with E-state index in [2.05, 4.69) is 5.32 Å². The van der Waals surface area contributed by atoms with Crippen LogP contribution in [0.4, 0.5) is 0 Å². The van der Waals surface area contributed by atoms with Crippen LogP contribution < -0.4 is 10.1 Å². The van der Waals surface area contributed by atoms with Gasteiger partial charge in [-0.3, -0.25) is 4.79 Å². The van der Waals surface area contributed by atoms with Crippen LogP contribution in [0.2, 0.25) is 0 Å². The number of aromatic hydroxyl groups is 1. The molecule has 0 bridgehead atoms. The summed E-state index contributed by atoms with van der Waals surface area (Å²) < 4.78 is 5.34. The maximum absolute atomic E-state index is 11.8. The van der Waals surface area contributed by atoms with Crippen molar-refractivity contribution < 1.29 is 14.6 Å². The molecule has 0 fully saturated rings. The molecule has 0 aromatic heterocycles. The third-order valence-corrected chi connectivity index (χ3v) is 3.28. The van der Waals surface area contributed by atoms with Crippen LogP contribution in [0, 0.1) is 0 Å². The highest BCUT2D eigenvalue weighted by Crippen LogP contribution is 2.26. The standard InChI is InChI=1S/C16H26N2O3/c1-4-18(5-2)16(20)9-10-17-12-13-7-8-14(19)15(11-13)21-6-3/h7-8,11,17,19H,4-6,9-10,12H2,1-3H3. The minimum atomic E-state index is 0.150. The summed E-state index contributed by atoms with van der Waals surface area (Å²) in [7, 11) is 0. The Bertz CT molecular complexity index is 445. The normalized spacial score (nSPS) is 10.4. The monoisotopic (exact) mass is 294 g/mol. The van der Waals surface area contributed by atoms with Crippen LogP contribution in [0.1, 0.15) is 32.8 Å². The van der Waals surface area contributed by atoms with E-state index in [1.807, 2.05) is 37.8 Å². The molecule has 1 amide bonds. The molecule has 21 heavy (non-hydrogen) atoms. The van der Waals surface area contributed by atoms with Gasteiger partial charge in [0.25, 0.3) is 0 Å². The van der Waals surface area contributed by atoms with Crippen molar-refractivity contribution in [2.45, 2.75) is 33.7 Å².